The van der Waals surface area contributed by atoms with Crippen molar-refractivity contribution in [3.8, 4) is 0 Å². The molecule has 1 aromatic heterocycles. The van der Waals surface area contributed by atoms with Crippen molar-refractivity contribution in [3.63, 3.8) is 0 Å². The molecule has 0 saturated carbocycles. The Morgan fingerprint density at radius 1 is 1.08 bits per heavy atom. The number of rotatable bonds is 8. The lowest BCUT2D eigenvalue weighted by Crippen LogP contribution is -2.36. The highest BCUT2D eigenvalue weighted by Gasteiger charge is 2.27. The molecule has 0 spiro atoms. The monoisotopic (exact) mass is 370 g/mol. The molecule has 1 aromatic carbocycles. The second-order valence-corrected chi connectivity index (χ2v) is 5.34. The Kier molecular flexibility index (Phi) is 6.79. The lowest BCUT2D eigenvalue weighted by Gasteiger charge is -2.09. The number of nitrogens with one attached hydrogen (secondary N) is 2. The fourth-order valence-electron chi connectivity index (χ4n) is 1.96. The van der Waals surface area contributed by atoms with Crippen molar-refractivity contribution < 1.29 is 31.9 Å². The van der Waals surface area contributed by atoms with Crippen LogP contribution < -0.4 is 10.6 Å². The molecule has 1 heterocycles. The smallest absolute Gasteiger partial charge is 0.411 e. The van der Waals surface area contributed by atoms with E-state index in [0.717, 1.165) is 0 Å². The maximum atomic E-state index is 12.0. The number of carbonyl (C=O) groups is 2. The molecular weight excluding hydrogens is 353 g/mol. The summed E-state index contributed by atoms with van der Waals surface area (Å²) in [6.45, 7) is -1.54. The molecule has 2 N–H and O–H groups in total. The Balaban J connectivity index is 1.72. The zero-order valence-corrected chi connectivity index (χ0v) is 13.6. The average Bonchev–Trinajstić information content (AvgIpc) is 3.11. The van der Waals surface area contributed by atoms with Crippen LogP contribution in [-0.2, 0) is 22.7 Å². The Morgan fingerprint density at radius 3 is 2.42 bits per heavy atom. The standard InChI is InChI=1S/C17H17F3N2O4/c18-17(19,20)11-25-10-12-3-5-13(6-4-12)16(24)22-9-15(23)21-8-14-2-1-7-26-14/h1-7H,8-11H2,(H,21,23)(H,22,24). The number of furan rings is 1. The van der Waals surface area contributed by atoms with Gasteiger partial charge < -0.3 is 19.8 Å². The van der Waals surface area contributed by atoms with Gasteiger partial charge in [0.2, 0.25) is 5.91 Å². The van der Waals surface area contributed by atoms with Crippen LogP contribution in [0.2, 0.25) is 0 Å². The van der Waals surface area contributed by atoms with Gasteiger partial charge in [0.25, 0.3) is 5.91 Å². The molecule has 0 aliphatic heterocycles. The van der Waals surface area contributed by atoms with Gasteiger partial charge in [0.05, 0.1) is 26.0 Å². The zero-order chi connectivity index (χ0) is 19.0. The van der Waals surface area contributed by atoms with Crippen LogP contribution in [0, 0.1) is 0 Å². The summed E-state index contributed by atoms with van der Waals surface area (Å²) in [4.78, 5) is 23.6. The van der Waals surface area contributed by atoms with E-state index in [1.54, 1.807) is 12.1 Å². The minimum atomic E-state index is -4.38. The number of alkyl halides is 3. The summed E-state index contributed by atoms with van der Waals surface area (Å²) >= 11 is 0. The van der Waals surface area contributed by atoms with Gasteiger partial charge in [0.15, 0.2) is 0 Å². The summed E-state index contributed by atoms with van der Waals surface area (Å²) in [6, 6.07) is 9.27. The van der Waals surface area contributed by atoms with Crippen molar-refractivity contribution in [2.45, 2.75) is 19.3 Å². The van der Waals surface area contributed by atoms with E-state index in [4.69, 9.17) is 4.42 Å². The van der Waals surface area contributed by atoms with Gasteiger partial charge in [-0.2, -0.15) is 13.2 Å². The van der Waals surface area contributed by atoms with Crippen LogP contribution in [0.1, 0.15) is 21.7 Å². The highest BCUT2D eigenvalue weighted by Crippen LogP contribution is 2.15. The van der Waals surface area contributed by atoms with E-state index in [0.29, 0.717) is 11.3 Å². The molecule has 0 aliphatic rings. The molecule has 0 saturated heterocycles. The first-order valence-corrected chi connectivity index (χ1v) is 7.64. The number of carbonyl (C=O) groups excluding carboxylic acids is 2. The fraction of sp³-hybridized carbons (Fsp3) is 0.294. The molecule has 2 rings (SSSR count). The molecule has 6 nitrogen and oxygen atoms in total. The van der Waals surface area contributed by atoms with E-state index in [1.807, 2.05) is 0 Å². The number of ether oxygens (including phenoxy) is 1. The van der Waals surface area contributed by atoms with Gasteiger partial charge in [-0.1, -0.05) is 12.1 Å². The minimum absolute atomic E-state index is 0.212. The SMILES string of the molecule is O=C(CNC(=O)c1ccc(COCC(F)(F)F)cc1)NCc1ccco1. The third-order valence-electron chi connectivity index (χ3n) is 3.20. The van der Waals surface area contributed by atoms with Crippen molar-refractivity contribution >= 4 is 11.8 Å². The molecule has 9 heteroatoms. The molecule has 0 unspecified atom stereocenters. The molecule has 0 aliphatic carbocycles. The van der Waals surface area contributed by atoms with Gasteiger partial charge in [-0.15, -0.1) is 0 Å². The fourth-order valence-corrected chi connectivity index (χ4v) is 1.96. The van der Waals surface area contributed by atoms with Crippen molar-refractivity contribution in [1.82, 2.24) is 10.6 Å². The predicted octanol–water partition coefficient (Wildman–Crippen LogP) is 2.40. The van der Waals surface area contributed by atoms with Crippen LogP contribution >= 0.6 is 0 Å². The van der Waals surface area contributed by atoms with E-state index in [2.05, 4.69) is 15.4 Å². The molecule has 0 atom stereocenters. The molecule has 0 bridgehead atoms. The number of hydrogen-bond acceptors (Lipinski definition) is 4. The van der Waals surface area contributed by atoms with E-state index < -0.39 is 18.7 Å². The lowest BCUT2D eigenvalue weighted by molar-refractivity contribution is -0.176. The molecule has 0 fully saturated rings. The third kappa shape index (κ3) is 6.98. The molecule has 2 amide bonds. The zero-order valence-electron chi connectivity index (χ0n) is 13.6. The van der Waals surface area contributed by atoms with Crippen molar-refractivity contribution in [3.05, 3.63) is 59.5 Å². The normalized spacial score (nSPS) is 11.2. The number of halogens is 3. The topological polar surface area (TPSA) is 80.6 Å². The second-order valence-electron chi connectivity index (χ2n) is 5.34. The predicted molar refractivity (Wildman–Crippen MR) is 85.0 cm³/mol. The van der Waals surface area contributed by atoms with E-state index >= 15 is 0 Å². The first kappa shape index (κ1) is 19.5. The number of hydrogen-bond donors (Lipinski definition) is 2. The molecule has 2 aromatic rings. The minimum Gasteiger partial charge on any atom is -0.467 e. The van der Waals surface area contributed by atoms with Crippen molar-refractivity contribution in [2.75, 3.05) is 13.2 Å². The quantitative estimate of drug-likeness (QED) is 0.748. The van der Waals surface area contributed by atoms with Gasteiger partial charge in [0, 0.05) is 5.56 Å². The molecule has 26 heavy (non-hydrogen) atoms. The average molecular weight is 370 g/mol. The van der Waals surface area contributed by atoms with Gasteiger partial charge in [-0.3, -0.25) is 9.59 Å². The highest BCUT2D eigenvalue weighted by atomic mass is 19.4. The maximum Gasteiger partial charge on any atom is 0.411 e. The summed E-state index contributed by atoms with van der Waals surface area (Å²) < 4.78 is 45.6. The molecule has 0 radical (unpaired) electrons. The third-order valence-corrected chi connectivity index (χ3v) is 3.20. The van der Waals surface area contributed by atoms with E-state index in [1.165, 1.54) is 30.5 Å². The molecular formula is C17H17F3N2O4. The summed E-state index contributed by atoms with van der Waals surface area (Å²) in [7, 11) is 0. The van der Waals surface area contributed by atoms with Crippen LogP contribution in [0.4, 0.5) is 13.2 Å². The summed E-state index contributed by atoms with van der Waals surface area (Å²) in [5.41, 5.74) is 0.783. The number of benzene rings is 1. The first-order chi connectivity index (χ1) is 12.3. The Morgan fingerprint density at radius 2 is 1.81 bits per heavy atom. The maximum absolute atomic E-state index is 12.0. The lowest BCUT2D eigenvalue weighted by atomic mass is 10.1. The van der Waals surface area contributed by atoms with E-state index in [9.17, 15) is 22.8 Å². The van der Waals surface area contributed by atoms with Crippen LogP contribution in [0.3, 0.4) is 0 Å². The summed E-state index contributed by atoms with van der Waals surface area (Å²) in [6.07, 6.45) is -2.89. The van der Waals surface area contributed by atoms with Crippen LogP contribution in [0.25, 0.3) is 0 Å². The van der Waals surface area contributed by atoms with Crippen molar-refractivity contribution in [1.29, 1.82) is 0 Å². The van der Waals surface area contributed by atoms with Gasteiger partial charge in [-0.05, 0) is 29.8 Å². The summed E-state index contributed by atoms with van der Waals surface area (Å²) in [5.74, 6) is -0.263. The van der Waals surface area contributed by atoms with E-state index in [-0.39, 0.29) is 31.2 Å². The highest BCUT2D eigenvalue weighted by molar-refractivity contribution is 5.96. The van der Waals surface area contributed by atoms with Gasteiger partial charge >= 0.3 is 6.18 Å². The Labute approximate surface area is 147 Å². The number of amides is 2. The van der Waals surface area contributed by atoms with Crippen molar-refractivity contribution in [2.24, 2.45) is 0 Å². The van der Waals surface area contributed by atoms with Crippen LogP contribution in [0.5, 0.6) is 0 Å². The van der Waals surface area contributed by atoms with Crippen LogP contribution in [0.15, 0.2) is 47.1 Å². The Bertz CT molecular complexity index is 713. The summed E-state index contributed by atoms with van der Waals surface area (Å²) in [5, 5.41) is 5.03. The van der Waals surface area contributed by atoms with Gasteiger partial charge in [-0.25, -0.2) is 0 Å². The Hall–Kier alpha value is -2.81. The molecule has 140 valence electrons. The van der Waals surface area contributed by atoms with Gasteiger partial charge in [0.1, 0.15) is 12.4 Å². The second kappa shape index (κ2) is 9.04. The largest absolute Gasteiger partial charge is 0.467 e. The van der Waals surface area contributed by atoms with Crippen LogP contribution in [-0.4, -0.2) is 31.1 Å². The first-order valence-electron chi connectivity index (χ1n) is 7.64.